The summed E-state index contributed by atoms with van der Waals surface area (Å²) >= 11 is 5.89. The lowest BCUT2D eigenvalue weighted by atomic mass is 9.95. The number of carbonyl (C=O) groups is 2. The van der Waals surface area contributed by atoms with Gasteiger partial charge in [-0.25, -0.2) is 9.59 Å². The van der Waals surface area contributed by atoms with Crippen LogP contribution in [0, 0.1) is 5.92 Å². The minimum absolute atomic E-state index is 0.241. The van der Waals surface area contributed by atoms with E-state index in [4.69, 9.17) is 16.3 Å². The molecule has 0 radical (unpaired) electrons. The van der Waals surface area contributed by atoms with Gasteiger partial charge in [0.15, 0.2) is 0 Å². The molecule has 2 amide bonds. The van der Waals surface area contributed by atoms with Crippen molar-refractivity contribution in [2.45, 2.75) is 26.8 Å². The summed E-state index contributed by atoms with van der Waals surface area (Å²) in [5.41, 5.74) is 1.68. The van der Waals surface area contributed by atoms with Crippen LogP contribution in [0.4, 0.5) is 4.79 Å². The van der Waals surface area contributed by atoms with Crippen LogP contribution in [0.2, 0.25) is 5.02 Å². The maximum atomic E-state index is 12.4. The number of benzene rings is 1. The van der Waals surface area contributed by atoms with Crippen molar-refractivity contribution < 1.29 is 14.3 Å². The van der Waals surface area contributed by atoms with Gasteiger partial charge in [0, 0.05) is 10.7 Å². The number of nitrogens with one attached hydrogen (secondary N) is 2. The molecular weight excluding hydrogens is 304 g/mol. The molecule has 0 fully saturated rings. The van der Waals surface area contributed by atoms with E-state index in [-0.39, 0.29) is 11.9 Å². The molecule has 22 heavy (non-hydrogen) atoms. The van der Waals surface area contributed by atoms with Crippen molar-refractivity contribution in [1.29, 1.82) is 0 Å². The zero-order valence-corrected chi connectivity index (χ0v) is 13.5. The topological polar surface area (TPSA) is 67.4 Å². The van der Waals surface area contributed by atoms with Crippen molar-refractivity contribution in [1.82, 2.24) is 10.6 Å². The Morgan fingerprint density at radius 3 is 2.55 bits per heavy atom. The van der Waals surface area contributed by atoms with Crippen LogP contribution in [0.15, 0.2) is 35.5 Å². The second kappa shape index (κ2) is 6.83. The Labute approximate surface area is 134 Å². The van der Waals surface area contributed by atoms with Gasteiger partial charge in [-0.15, -0.1) is 0 Å². The molecule has 6 heteroatoms. The van der Waals surface area contributed by atoms with E-state index >= 15 is 0 Å². The van der Waals surface area contributed by atoms with Crippen molar-refractivity contribution >= 4 is 23.6 Å². The number of halogens is 1. The average molecular weight is 323 g/mol. The fourth-order valence-electron chi connectivity index (χ4n) is 2.19. The summed E-state index contributed by atoms with van der Waals surface area (Å²) in [6, 6.07) is 6.10. The van der Waals surface area contributed by atoms with Crippen LogP contribution < -0.4 is 10.6 Å². The molecule has 0 saturated heterocycles. The zero-order valence-electron chi connectivity index (χ0n) is 12.8. The maximum absolute atomic E-state index is 12.4. The first-order valence-corrected chi connectivity index (χ1v) is 7.47. The summed E-state index contributed by atoms with van der Waals surface area (Å²) in [6.45, 7) is 5.95. The van der Waals surface area contributed by atoms with Gasteiger partial charge in [-0.2, -0.15) is 0 Å². The Kier molecular flexibility index (Phi) is 5.08. The zero-order chi connectivity index (χ0) is 16.3. The predicted molar refractivity (Wildman–Crippen MR) is 84.4 cm³/mol. The number of rotatable bonds is 4. The highest BCUT2D eigenvalue weighted by Gasteiger charge is 2.32. The Bertz CT molecular complexity index is 608. The number of amides is 2. The number of allylic oxidation sites excluding steroid dienone is 1. The molecule has 0 saturated carbocycles. The molecule has 1 aromatic rings. The minimum Gasteiger partial charge on any atom is -0.462 e. The third-order valence-corrected chi connectivity index (χ3v) is 3.49. The van der Waals surface area contributed by atoms with Crippen LogP contribution in [0.25, 0.3) is 0 Å². The number of hydrogen-bond acceptors (Lipinski definition) is 3. The first kappa shape index (κ1) is 16.4. The highest BCUT2D eigenvalue weighted by molar-refractivity contribution is 6.30. The lowest BCUT2D eigenvalue weighted by Gasteiger charge is -2.28. The first-order valence-electron chi connectivity index (χ1n) is 7.09. The smallest absolute Gasteiger partial charge is 0.338 e. The normalized spacial score (nSPS) is 18.0. The van der Waals surface area contributed by atoms with Gasteiger partial charge in [-0.1, -0.05) is 37.6 Å². The summed E-state index contributed by atoms with van der Waals surface area (Å²) in [6.07, 6.45) is 0. The molecule has 1 aromatic carbocycles. The van der Waals surface area contributed by atoms with Crippen molar-refractivity contribution in [2.75, 3.05) is 6.61 Å². The molecular formula is C16H19ClN2O3. The fourth-order valence-corrected chi connectivity index (χ4v) is 2.32. The van der Waals surface area contributed by atoms with Crippen LogP contribution in [0.3, 0.4) is 0 Å². The summed E-state index contributed by atoms with van der Waals surface area (Å²) in [5.74, 6) is -0.191. The Balaban J connectivity index is 2.32. The summed E-state index contributed by atoms with van der Waals surface area (Å²) in [5, 5.41) is 5.95. The molecule has 0 unspecified atom stereocenters. The third kappa shape index (κ3) is 3.80. The first-order chi connectivity index (χ1) is 10.4. The quantitative estimate of drug-likeness (QED) is 0.837. The van der Waals surface area contributed by atoms with E-state index in [0.717, 1.165) is 5.56 Å². The van der Waals surface area contributed by atoms with Crippen molar-refractivity contribution in [3.05, 3.63) is 46.1 Å². The van der Waals surface area contributed by atoms with Crippen LogP contribution in [-0.4, -0.2) is 18.6 Å². The highest BCUT2D eigenvalue weighted by Crippen LogP contribution is 2.28. The van der Waals surface area contributed by atoms with Gasteiger partial charge in [-0.3, -0.25) is 0 Å². The molecule has 0 spiro atoms. The second-order valence-electron chi connectivity index (χ2n) is 5.61. The van der Waals surface area contributed by atoms with Gasteiger partial charge in [0.25, 0.3) is 0 Å². The Morgan fingerprint density at radius 2 is 1.95 bits per heavy atom. The average Bonchev–Trinajstić information content (AvgIpc) is 2.44. The molecule has 0 bridgehead atoms. The number of esters is 1. The van der Waals surface area contributed by atoms with Gasteiger partial charge < -0.3 is 15.4 Å². The van der Waals surface area contributed by atoms with Gasteiger partial charge in [-0.05, 0) is 30.5 Å². The van der Waals surface area contributed by atoms with Crippen molar-refractivity contribution in [2.24, 2.45) is 5.92 Å². The Hall–Kier alpha value is -2.01. The molecule has 1 atom stereocenters. The molecule has 0 aromatic heterocycles. The van der Waals surface area contributed by atoms with Gasteiger partial charge in [0.05, 0.1) is 18.2 Å². The van der Waals surface area contributed by atoms with Crippen LogP contribution in [0.1, 0.15) is 32.4 Å². The van der Waals surface area contributed by atoms with Gasteiger partial charge in [0.2, 0.25) is 0 Å². The predicted octanol–water partition coefficient (Wildman–Crippen LogP) is 3.17. The lowest BCUT2D eigenvalue weighted by Crippen LogP contribution is -2.45. The van der Waals surface area contributed by atoms with E-state index in [1.165, 1.54) is 0 Å². The van der Waals surface area contributed by atoms with Crippen molar-refractivity contribution in [3.8, 4) is 0 Å². The number of urea groups is 1. The van der Waals surface area contributed by atoms with E-state index < -0.39 is 12.0 Å². The maximum Gasteiger partial charge on any atom is 0.338 e. The van der Waals surface area contributed by atoms with Crippen LogP contribution in [-0.2, 0) is 9.53 Å². The number of hydrogen-bond donors (Lipinski definition) is 2. The van der Waals surface area contributed by atoms with E-state index in [9.17, 15) is 9.59 Å². The molecule has 1 aliphatic heterocycles. The summed E-state index contributed by atoms with van der Waals surface area (Å²) < 4.78 is 5.31. The van der Waals surface area contributed by atoms with Crippen molar-refractivity contribution in [3.63, 3.8) is 0 Å². The molecule has 1 aliphatic rings. The van der Waals surface area contributed by atoms with E-state index in [2.05, 4.69) is 10.6 Å². The fraction of sp³-hybridized carbons (Fsp3) is 0.375. The molecule has 5 nitrogen and oxygen atoms in total. The molecule has 2 N–H and O–H groups in total. The largest absolute Gasteiger partial charge is 0.462 e. The monoisotopic (exact) mass is 322 g/mol. The van der Waals surface area contributed by atoms with Crippen LogP contribution >= 0.6 is 11.6 Å². The molecule has 118 valence electrons. The van der Waals surface area contributed by atoms with Crippen LogP contribution in [0.5, 0.6) is 0 Å². The van der Waals surface area contributed by atoms with E-state index in [0.29, 0.717) is 22.9 Å². The Morgan fingerprint density at radius 1 is 1.32 bits per heavy atom. The van der Waals surface area contributed by atoms with Gasteiger partial charge in [0.1, 0.15) is 0 Å². The summed E-state index contributed by atoms with van der Waals surface area (Å²) in [7, 11) is 0. The number of carbonyl (C=O) groups excluding carboxylic acids is 2. The molecule has 1 heterocycles. The minimum atomic E-state index is -0.550. The standard InChI is InChI=1S/C16H19ClN2O3/c1-9(2)8-22-15(20)13-10(3)18-16(21)19-14(13)11-4-6-12(17)7-5-11/h4-7,9,14H,8H2,1-3H3,(H2,18,19,21)/t14-/m1/s1. The SMILES string of the molecule is CC1=C(C(=O)OCC(C)C)[C@@H](c2ccc(Cl)cc2)NC(=O)N1. The highest BCUT2D eigenvalue weighted by atomic mass is 35.5. The van der Waals surface area contributed by atoms with E-state index in [1.54, 1.807) is 31.2 Å². The molecule has 2 rings (SSSR count). The van der Waals surface area contributed by atoms with Gasteiger partial charge >= 0.3 is 12.0 Å². The van der Waals surface area contributed by atoms with E-state index in [1.807, 2.05) is 13.8 Å². The summed E-state index contributed by atoms with van der Waals surface area (Å²) in [4.78, 5) is 24.1. The second-order valence-corrected chi connectivity index (χ2v) is 6.05. The lowest BCUT2D eigenvalue weighted by molar-refractivity contribution is -0.140. The number of ether oxygens (including phenoxy) is 1. The third-order valence-electron chi connectivity index (χ3n) is 3.24. The molecule has 0 aliphatic carbocycles.